The fourth-order valence-corrected chi connectivity index (χ4v) is 7.53. The van der Waals surface area contributed by atoms with Gasteiger partial charge in [0.05, 0.1) is 0 Å². The van der Waals surface area contributed by atoms with Crippen LogP contribution >= 0.6 is 0 Å². The summed E-state index contributed by atoms with van der Waals surface area (Å²) in [6, 6.07) is 47.6. The van der Waals surface area contributed by atoms with Crippen molar-refractivity contribution in [2.24, 2.45) is 7.05 Å². The highest BCUT2D eigenvalue weighted by Gasteiger charge is 2.40. The minimum atomic E-state index is -0.0244. The smallest absolute Gasteiger partial charge is 0.0491 e. The number of aryl methyl sites for hydroxylation is 2. The number of benzene rings is 5. The third-order valence-electron chi connectivity index (χ3n) is 9.62. The molecule has 0 radical (unpaired) electrons. The average Bonchev–Trinajstić information content (AvgIpc) is 3.63. The molecule has 0 spiro atoms. The van der Waals surface area contributed by atoms with Crippen LogP contribution in [0.1, 0.15) is 41.7 Å². The van der Waals surface area contributed by atoms with Crippen molar-refractivity contribution in [2.45, 2.75) is 32.6 Å². The van der Waals surface area contributed by atoms with Gasteiger partial charge in [-0.25, -0.2) is 0 Å². The first-order valence-corrected chi connectivity index (χ1v) is 15.1. The molecule has 0 atom stereocenters. The first kappa shape index (κ1) is 25.6. The van der Waals surface area contributed by atoms with Gasteiger partial charge in [0.15, 0.2) is 0 Å². The minimum absolute atomic E-state index is 0.0244. The van der Waals surface area contributed by atoms with Crippen molar-refractivity contribution >= 4 is 21.8 Å². The lowest BCUT2D eigenvalue weighted by Gasteiger charge is -2.24. The Labute approximate surface area is 254 Å². The first-order chi connectivity index (χ1) is 20.9. The van der Waals surface area contributed by atoms with Crippen LogP contribution in [0.5, 0.6) is 0 Å². The summed E-state index contributed by atoms with van der Waals surface area (Å²) in [6.45, 7) is 6.98. The van der Waals surface area contributed by atoms with Gasteiger partial charge in [-0.2, -0.15) is 0 Å². The van der Waals surface area contributed by atoms with Crippen LogP contribution in [0.4, 0.5) is 0 Å². The van der Waals surface area contributed by atoms with Gasteiger partial charge in [-0.15, -0.1) is 0 Å². The summed E-state index contributed by atoms with van der Waals surface area (Å²) in [5.41, 5.74) is 18.0. The molecule has 9 rings (SSSR count). The largest absolute Gasteiger partial charge is 0.344 e. The van der Waals surface area contributed by atoms with Crippen molar-refractivity contribution in [1.29, 1.82) is 0 Å². The molecule has 0 bridgehead atoms. The van der Waals surface area contributed by atoms with E-state index in [1.54, 1.807) is 0 Å². The fraction of sp³-hybridized carbons (Fsp3) is 0.143. The van der Waals surface area contributed by atoms with Crippen molar-refractivity contribution in [1.82, 2.24) is 4.57 Å². The van der Waals surface area contributed by atoms with Crippen LogP contribution in [0.2, 0.25) is 0 Å². The molecule has 1 heteroatoms. The Kier molecular flexibility index (Phi) is 5.65. The van der Waals surface area contributed by atoms with E-state index in [0.717, 1.165) is 6.42 Å². The third kappa shape index (κ3) is 3.87. The molecule has 1 heterocycles. The van der Waals surface area contributed by atoms with Gasteiger partial charge in [0.25, 0.3) is 0 Å². The summed E-state index contributed by atoms with van der Waals surface area (Å²) in [6.07, 6.45) is 1.04. The topological polar surface area (TPSA) is 4.93 Å². The number of nitrogens with zero attached hydrogens (tertiary/aromatic N) is 1. The predicted octanol–water partition coefficient (Wildman–Crippen LogP) is 10.5. The summed E-state index contributed by atoms with van der Waals surface area (Å²) < 4.78 is 2.32. The first-order valence-electron chi connectivity index (χ1n) is 15.1. The molecular formula is C42H33N. The molecule has 0 saturated carbocycles. The van der Waals surface area contributed by atoms with E-state index >= 15 is 0 Å². The predicted molar refractivity (Wildman–Crippen MR) is 181 cm³/mol. The van der Waals surface area contributed by atoms with Crippen molar-refractivity contribution in [2.75, 3.05) is 0 Å². The zero-order valence-electron chi connectivity index (χ0n) is 25.1. The number of hydrogen-bond acceptors (Lipinski definition) is 0. The quantitative estimate of drug-likeness (QED) is 0.191. The monoisotopic (exact) mass is 551 g/mol. The highest BCUT2D eigenvalue weighted by Crippen LogP contribution is 2.55. The molecule has 0 amide bonds. The molecule has 0 aliphatic heterocycles. The van der Waals surface area contributed by atoms with Crippen molar-refractivity contribution in [3.63, 3.8) is 0 Å². The fourth-order valence-electron chi connectivity index (χ4n) is 7.53. The zero-order valence-corrected chi connectivity index (χ0v) is 25.1. The van der Waals surface area contributed by atoms with E-state index in [9.17, 15) is 0 Å². The highest BCUT2D eigenvalue weighted by atomic mass is 14.9. The maximum absolute atomic E-state index is 2.77. The Hall–Kier alpha value is -5.06. The molecule has 1 nitrogen and oxygen atoms in total. The summed E-state index contributed by atoms with van der Waals surface area (Å²) >= 11 is 0. The Balaban J connectivity index is 0.000000416. The minimum Gasteiger partial charge on any atom is -0.344 e. The van der Waals surface area contributed by atoms with Gasteiger partial charge in [-0.1, -0.05) is 105 Å². The van der Waals surface area contributed by atoms with Crippen LogP contribution in [0.3, 0.4) is 0 Å². The van der Waals surface area contributed by atoms with Crippen LogP contribution in [0, 0.1) is 19.1 Å². The molecule has 7 aromatic rings. The Morgan fingerprint density at radius 2 is 1.40 bits per heavy atom. The van der Waals surface area contributed by atoms with Crippen LogP contribution in [-0.4, -0.2) is 4.57 Å². The van der Waals surface area contributed by atoms with Gasteiger partial charge >= 0.3 is 0 Å². The van der Waals surface area contributed by atoms with Gasteiger partial charge in [-0.3, -0.25) is 0 Å². The van der Waals surface area contributed by atoms with Gasteiger partial charge in [0, 0.05) is 34.3 Å². The summed E-state index contributed by atoms with van der Waals surface area (Å²) in [4.78, 5) is 0. The maximum Gasteiger partial charge on any atom is 0.0491 e. The molecule has 0 fully saturated rings. The average molecular weight is 552 g/mol. The lowest BCUT2D eigenvalue weighted by atomic mass is 9.78. The summed E-state index contributed by atoms with van der Waals surface area (Å²) in [5, 5.41) is 2.65. The van der Waals surface area contributed by atoms with Gasteiger partial charge in [0.1, 0.15) is 0 Å². The second kappa shape index (κ2) is 9.48. The van der Waals surface area contributed by atoms with Gasteiger partial charge in [0.2, 0.25) is 0 Å². The Morgan fingerprint density at radius 3 is 2.19 bits per heavy atom. The lowest BCUT2D eigenvalue weighted by molar-refractivity contribution is 0.662. The second-order valence-corrected chi connectivity index (χ2v) is 12.6. The van der Waals surface area contributed by atoms with Crippen molar-refractivity contribution in [3.8, 4) is 33.4 Å². The maximum atomic E-state index is 2.77. The van der Waals surface area contributed by atoms with Crippen LogP contribution < -0.4 is 0 Å². The zero-order chi connectivity index (χ0) is 29.3. The molecule has 2 aliphatic rings. The highest BCUT2D eigenvalue weighted by molar-refractivity contribution is 6.09. The van der Waals surface area contributed by atoms with Gasteiger partial charge < -0.3 is 4.57 Å². The molecule has 2 aliphatic carbocycles. The van der Waals surface area contributed by atoms with E-state index in [1.165, 1.54) is 83.0 Å². The molecule has 1 aromatic heterocycles. The van der Waals surface area contributed by atoms with E-state index in [-0.39, 0.29) is 5.41 Å². The van der Waals surface area contributed by atoms with E-state index in [1.807, 2.05) is 24.3 Å². The normalized spacial score (nSPS) is 13.5. The molecule has 206 valence electrons. The molecule has 0 saturated heterocycles. The van der Waals surface area contributed by atoms with E-state index in [0.29, 0.717) is 0 Å². The number of aromatic nitrogens is 1. The van der Waals surface area contributed by atoms with E-state index < -0.39 is 0 Å². The van der Waals surface area contributed by atoms with Crippen molar-refractivity contribution in [3.05, 3.63) is 155 Å². The molecule has 43 heavy (non-hydrogen) atoms. The molecule has 6 aromatic carbocycles. The van der Waals surface area contributed by atoms with Crippen LogP contribution in [0.25, 0.3) is 55.2 Å². The van der Waals surface area contributed by atoms with E-state index in [2.05, 4.69) is 136 Å². The number of rotatable bonds is 1. The molecule has 0 unspecified atom stereocenters. The lowest BCUT2D eigenvalue weighted by Crippen LogP contribution is -2.16. The van der Waals surface area contributed by atoms with Crippen molar-refractivity contribution < 1.29 is 0 Å². The third-order valence-corrected chi connectivity index (χ3v) is 9.62. The second-order valence-electron chi connectivity index (χ2n) is 12.6. The van der Waals surface area contributed by atoms with E-state index in [4.69, 9.17) is 0 Å². The van der Waals surface area contributed by atoms with Crippen LogP contribution in [0.15, 0.2) is 115 Å². The van der Waals surface area contributed by atoms with Gasteiger partial charge in [-0.05, 0) is 111 Å². The Bertz CT molecular complexity index is 2170. The Morgan fingerprint density at radius 1 is 0.628 bits per heavy atom. The summed E-state index contributed by atoms with van der Waals surface area (Å²) in [7, 11) is 2.18. The summed E-state index contributed by atoms with van der Waals surface area (Å²) in [5.74, 6) is 0. The molecular weight excluding hydrogens is 518 g/mol. The number of hydrogen-bond donors (Lipinski definition) is 0. The molecule has 0 N–H and O–H groups in total. The SMILES string of the molecule is Cc1ccc2c3cc(-c4ccc5c(c4)-c4ccc6c(c4C5(C)C)-c4ccccc4C6)ccc3n(C)c2c1.c1ccccc#1. The van der Waals surface area contributed by atoms with Crippen LogP contribution in [-0.2, 0) is 18.9 Å². The number of fused-ring (bicyclic) bond motifs is 10. The standard InChI is InChI=1S/C36H29N.C6H4/c1-21-9-13-27-30-20-23(12-16-32(30)37(4)33(27)17-21)22-11-15-31-29(19-22)28-14-10-25-18-24-7-5-6-8-26(24)34(25)35(28)36(31,2)3;1-2-4-6-5-3-1/h5-17,19-20H,18H2,1-4H3;1-4H.